The molecule has 6 rings (SSSR count). The van der Waals surface area contributed by atoms with Gasteiger partial charge in [-0.15, -0.1) is 0 Å². The fourth-order valence-electron chi connectivity index (χ4n) is 8.13. The molecule has 1 saturated heterocycles. The number of piperidine rings is 1. The molecule has 3 saturated carbocycles. The van der Waals surface area contributed by atoms with Crippen molar-refractivity contribution in [2.75, 3.05) is 6.54 Å². The number of nitrogens with zero attached hydrogens (tertiary/aromatic N) is 1. The molecule has 1 aromatic carbocycles. The van der Waals surface area contributed by atoms with Crippen molar-refractivity contribution >= 4 is 35.4 Å². The molecule has 3 unspecified atom stereocenters. The van der Waals surface area contributed by atoms with E-state index in [1.165, 1.54) is 0 Å². The maximum absolute atomic E-state index is 14.4. The Labute approximate surface area is 257 Å². The Hall–Kier alpha value is -3.76. The third-order valence-corrected chi connectivity index (χ3v) is 11.0. The number of ether oxygens (including phenoxy) is 1. The highest BCUT2D eigenvalue weighted by atomic mass is 16.6. The lowest BCUT2D eigenvalue weighted by molar-refractivity contribution is -0.146. The van der Waals surface area contributed by atoms with E-state index in [-0.39, 0.29) is 35.0 Å². The fourth-order valence-corrected chi connectivity index (χ4v) is 8.13. The van der Waals surface area contributed by atoms with Gasteiger partial charge in [-0.2, -0.15) is 0 Å². The van der Waals surface area contributed by atoms with E-state index in [4.69, 9.17) is 10.5 Å². The number of likely N-dealkylation sites (tertiary alicyclic amines) is 1. The van der Waals surface area contributed by atoms with E-state index in [1.807, 2.05) is 0 Å². The molecule has 4 fully saturated rings. The van der Waals surface area contributed by atoms with Crippen molar-refractivity contribution in [3.63, 3.8) is 0 Å². The second kappa shape index (κ2) is 11.6. The van der Waals surface area contributed by atoms with Crippen LogP contribution in [-0.2, 0) is 28.7 Å². The number of cyclic esters (lactones) is 1. The number of nitrogens with one attached hydrogen (secondary N) is 2. The van der Waals surface area contributed by atoms with Gasteiger partial charge < -0.3 is 26.0 Å². The zero-order chi connectivity index (χ0) is 31.3. The Morgan fingerprint density at radius 1 is 0.977 bits per heavy atom. The van der Waals surface area contributed by atoms with Gasteiger partial charge in [0.1, 0.15) is 12.1 Å². The first-order chi connectivity index (χ1) is 21.0. The summed E-state index contributed by atoms with van der Waals surface area (Å²) in [4.78, 5) is 80.6. The summed E-state index contributed by atoms with van der Waals surface area (Å²) >= 11 is 0. The Balaban J connectivity index is 1.24. The predicted octanol–water partition coefficient (Wildman–Crippen LogP) is 2.18. The van der Waals surface area contributed by atoms with Crippen LogP contribution in [-0.4, -0.2) is 65.0 Å². The molecule has 0 bridgehead atoms. The summed E-state index contributed by atoms with van der Waals surface area (Å²) < 4.78 is 5.42. The van der Waals surface area contributed by atoms with Crippen molar-refractivity contribution < 1.29 is 33.5 Å². The molecule has 2 aliphatic heterocycles. The number of primary amides is 1. The first-order valence-electron chi connectivity index (χ1n) is 16.0. The van der Waals surface area contributed by atoms with Crippen LogP contribution in [0.2, 0.25) is 0 Å². The second-order valence-electron chi connectivity index (χ2n) is 14.0. The molecule has 3 aliphatic carbocycles. The molecule has 236 valence electrons. The van der Waals surface area contributed by atoms with Gasteiger partial charge in [0.2, 0.25) is 23.7 Å². The standard InChI is InChI=1S/C33H42N4O7/c1-33(2)21-16-37(25(23(21)33)29(40)35-22(26(38)28(34)39)15-17-9-8-10-17)31(42)24(18-11-4-3-5-12-18)36-30(41)27-19-13-6-7-14-20(19)32(43)44-27/h6-7,13-14,17-18,21-25,27H,3-5,8-12,15-16H2,1-2H3,(H2,34,39)(H,35,40)(H,36,41)/t21-,22?,23?,24-,25-,27?/m0/s1. The van der Waals surface area contributed by atoms with E-state index in [9.17, 15) is 28.8 Å². The van der Waals surface area contributed by atoms with Gasteiger partial charge in [0, 0.05) is 12.1 Å². The Kier molecular flexibility index (Phi) is 8.00. The maximum Gasteiger partial charge on any atom is 0.339 e. The molecule has 6 atom stereocenters. The van der Waals surface area contributed by atoms with Gasteiger partial charge in [0.05, 0.1) is 11.6 Å². The lowest BCUT2D eigenvalue weighted by Crippen LogP contribution is -2.60. The number of hydrogen-bond acceptors (Lipinski definition) is 7. The topological polar surface area (TPSA) is 165 Å². The van der Waals surface area contributed by atoms with Crippen LogP contribution in [0.3, 0.4) is 0 Å². The van der Waals surface area contributed by atoms with Crippen molar-refractivity contribution in [2.24, 2.45) is 34.8 Å². The number of hydrogen-bond donors (Lipinski definition) is 3. The summed E-state index contributed by atoms with van der Waals surface area (Å²) in [5.41, 5.74) is 5.95. The Bertz CT molecular complexity index is 1380. The molecule has 5 aliphatic rings. The summed E-state index contributed by atoms with van der Waals surface area (Å²) in [6.07, 6.45) is 6.46. The minimum atomic E-state index is -1.16. The van der Waals surface area contributed by atoms with Crippen LogP contribution < -0.4 is 16.4 Å². The molecule has 4 amide bonds. The third-order valence-electron chi connectivity index (χ3n) is 11.0. The molecular formula is C33H42N4O7. The van der Waals surface area contributed by atoms with Gasteiger partial charge in [0.25, 0.3) is 11.8 Å². The number of carbonyl (C=O) groups excluding carboxylic acids is 6. The molecular weight excluding hydrogens is 564 g/mol. The van der Waals surface area contributed by atoms with Gasteiger partial charge in [-0.1, -0.05) is 70.6 Å². The highest BCUT2D eigenvalue weighted by Gasteiger charge is 2.69. The number of Topliss-reactive ketones (excluding diaryl/α,β-unsaturated/α-hetero) is 1. The summed E-state index contributed by atoms with van der Waals surface area (Å²) in [7, 11) is 0. The van der Waals surface area contributed by atoms with Crippen LogP contribution in [0.4, 0.5) is 0 Å². The molecule has 4 N–H and O–H groups in total. The van der Waals surface area contributed by atoms with Crippen LogP contribution in [0, 0.1) is 29.1 Å². The molecule has 0 aromatic heterocycles. The number of ketones is 1. The largest absolute Gasteiger partial charge is 0.444 e. The van der Waals surface area contributed by atoms with Crippen molar-refractivity contribution in [1.82, 2.24) is 15.5 Å². The van der Waals surface area contributed by atoms with E-state index in [2.05, 4.69) is 24.5 Å². The van der Waals surface area contributed by atoms with Gasteiger partial charge in [-0.3, -0.25) is 24.0 Å². The van der Waals surface area contributed by atoms with Crippen LogP contribution in [0.15, 0.2) is 24.3 Å². The van der Waals surface area contributed by atoms with Gasteiger partial charge in [-0.25, -0.2) is 4.79 Å². The van der Waals surface area contributed by atoms with Crippen LogP contribution >= 0.6 is 0 Å². The molecule has 1 aromatic rings. The molecule has 0 radical (unpaired) electrons. The Morgan fingerprint density at radius 3 is 2.34 bits per heavy atom. The highest BCUT2D eigenvalue weighted by molar-refractivity contribution is 6.37. The van der Waals surface area contributed by atoms with E-state index >= 15 is 0 Å². The molecule has 2 heterocycles. The first kappa shape index (κ1) is 30.3. The van der Waals surface area contributed by atoms with Crippen LogP contribution in [0.5, 0.6) is 0 Å². The van der Waals surface area contributed by atoms with Crippen LogP contribution in [0.1, 0.15) is 93.7 Å². The molecule has 44 heavy (non-hydrogen) atoms. The molecule has 11 nitrogen and oxygen atoms in total. The molecule has 11 heteroatoms. The average Bonchev–Trinajstić information content (AvgIpc) is 3.29. The zero-order valence-electron chi connectivity index (χ0n) is 25.4. The summed E-state index contributed by atoms with van der Waals surface area (Å²) in [6, 6.07) is 3.93. The van der Waals surface area contributed by atoms with E-state index in [1.54, 1.807) is 29.2 Å². The van der Waals surface area contributed by atoms with Crippen molar-refractivity contribution in [2.45, 2.75) is 95.9 Å². The fraction of sp³-hybridized carbons (Fsp3) is 0.636. The number of benzene rings is 1. The lowest BCUT2D eigenvalue weighted by Gasteiger charge is -2.37. The highest BCUT2D eigenvalue weighted by Crippen LogP contribution is 2.65. The number of carbonyl (C=O) groups is 6. The Morgan fingerprint density at radius 2 is 1.68 bits per heavy atom. The van der Waals surface area contributed by atoms with Crippen molar-refractivity contribution in [3.05, 3.63) is 35.4 Å². The predicted molar refractivity (Wildman–Crippen MR) is 157 cm³/mol. The average molecular weight is 607 g/mol. The summed E-state index contributed by atoms with van der Waals surface area (Å²) in [6.45, 7) is 4.49. The SMILES string of the molecule is CC1(C)C2[C@@H](C(=O)NC(CC3CCC3)C(=O)C(N)=O)N(C(=O)[C@@H](NC(=O)C3OC(=O)c4ccccc43)C3CCCCC3)C[C@@H]21. The summed E-state index contributed by atoms with van der Waals surface area (Å²) in [5.74, 6) is -3.81. The van der Waals surface area contributed by atoms with E-state index < -0.39 is 53.7 Å². The lowest BCUT2D eigenvalue weighted by atomic mass is 9.80. The quantitative estimate of drug-likeness (QED) is 0.271. The van der Waals surface area contributed by atoms with Gasteiger partial charge in [-0.05, 0) is 54.4 Å². The third kappa shape index (κ3) is 5.38. The second-order valence-corrected chi connectivity index (χ2v) is 14.0. The maximum atomic E-state index is 14.4. The summed E-state index contributed by atoms with van der Waals surface area (Å²) in [5, 5.41) is 5.75. The van der Waals surface area contributed by atoms with E-state index in [0.717, 1.165) is 51.4 Å². The number of rotatable bonds is 10. The normalized spacial score (nSPS) is 28.5. The van der Waals surface area contributed by atoms with Gasteiger partial charge in [0.15, 0.2) is 0 Å². The van der Waals surface area contributed by atoms with Crippen LogP contribution in [0.25, 0.3) is 0 Å². The number of amides is 4. The van der Waals surface area contributed by atoms with Crippen molar-refractivity contribution in [1.29, 1.82) is 0 Å². The number of esters is 1. The monoisotopic (exact) mass is 606 g/mol. The minimum Gasteiger partial charge on any atom is -0.444 e. The minimum absolute atomic E-state index is 0.0875. The zero-order valence-corrected chi connectivity index (χ0v) is 25.4. The van der Waals surface area contributed by atoms with Crippen molar-refractivity contribution in [3.8, 4) is 0 Å². The van der Waals surface area contributed by atoms with E-state index in [0.29, 0.717) is 24.1 Å². The first-order valence-corrected chi connectivity index (χ1v) is 16.0. The smallest absolute Gasteiger partial charge is 0.339 e. The number of fused-ring (bicyclic) bond motifs is 2. The number of nitrogens with two attached hydrogens (primary N) is 1. The molecule has 0 spiro atoms. The van der Waals surface area contributed by atoms with Gasteiger partial charge >= 0.3 is 5.97 Å².